The van der Waals surface area contributed by atoms with Gasteiger partial charge in [0.2, 0.25) is 0 Å². The Morgan fingerprint density at radius 3 is 1.88 bits per heavy atom. The molecule has 1 aliphatic rings. The van der Waals surface area contributed by atoms with Crippen molar-refractivity contribution in [1.82, 2.24) is 9.97 Å². The van der Waals surface area contributed by atoms with Crippen molar-refractivity contribution in [1.29, 1.82) is 0 Å². The van der Waals surface area contributed by atoms with Crippen LogP contribution in [0.5, 0.6) is 11.5 Å². The highest BCUT2D eigenvalue weighted by Gasteiger charge is 2.19. The SMILES string of the molecule is CCCCCCCCOc1cnc(-c2ccc(OCCCCCCCC3CC3)cc2)nc1. The number of benzene rings is 1. The van der Waals surface area contributed by atoms with Crippen molar-refractivity contribution in [3.8, 4) is 22.9 Å². The van der Waals surface area contributed by atoms with Gasteiger partial charge in [0.25, 0.3) is 0 Å². The zero-order valence-corrected chi connectivity index (χ0v) is 20.1. The summed E-state index contributed by atoms with van der Waals surface area (Å²) in [5.74, 6) is 3.46. The second kappa shape index (κ2) is 14.9. The molecule has 4 heteroatoms. The number of aromatic nitrogens is 2. The Kier molecular flexibility index (Phi) is 11.4. The van der Waals surface area contributed by atoms with E-state index in [2.05, 4.69) is 16.9 Å². The van der Waals surface area contributed by atoms with Gasteiger partial charge < -0.3 is 9.47 Å². The van der Waals surface area contributed by atoms with Crippen LogP contribution in [0.15, 0.2) is 36.7 Å². The Hall–Kier alpha value is -2.10. The molecule has 1 aromatic heterocycles. The molecule has 1 aliphatic carbocycles. The highest BCUT2D eigenvalue weighted by molar-refractivity contribution is 5.56. The summed E-state index contributed by atoms with van der Waals surface area (Å²) in [5.41, 5.74) is 0.996. The molecule has 0 N–H and O–H groups in total. The van der Waals surface area contributed by atoms with Gasteiger partial charge in [-0.15, -0.1) is 0 Å². The molecular formula is C28H42N2O2. The maximum atomic E-state index is 5.90. The lowest BCUT2D eigenvalue weighted by Crippen LogP contribution is -1.99. The Labute approximate surface area is 195 Å². The molecule has 0 radical (unpaired) electrons. The van der Waals surface area contributed by atoms with Crippen molar-refractivity contribution in [2.45, 2.75) is 96.8 Å². The van der Waals surface area contributed by atoms with Crippen molar-refractivity contribution in [3.05, 3.63) is 36.7 Å². The molecule has 0 aliphatic heterocycles. The van der Waals surface area contributed by atoms with E-state index in [4.69, 9.17) is 9.47 Å². The quantitative estimate of drug-likeness (QED) is 0.221. The van der Waals surface area contributed by atoms with E-state index in [-0.39, 0.29) is 0 Å². The van der Waals surface area contributed by atoms with Gasteiger partial charge in [-0.25, -0.2) is 9.97 Å². The fourth-order valence-corrected chi connectivity index (χ4v) is 3.97. The van der Waals surface area contributed by atoms with Crippen LogP contribution >= 0.6 is 0 Å². The average molecular weight is 439 g/mol. The third-order valence-electron chi connectivity index (χ3n) is 6.23. The second-order valence-corrected chi connectivity index (χ2v) is 9.23. The van der Waals surface area contributed by atoms with E-state index in [0.29, 0.717) is 0 Å². The molecule has 176 valence electrons. The van der Waals surface area contributed by atoms with Crippen molar-refractivity contribution in [3.63, 3.8) is 0 Å². The van der Waals surface area contributed by atoms with Crippen LogP contribution in [-0.2, 0) is 0 Å². The zero-order valence-electron chi connectivity index (χ0n) is 20.1. The van der Waals surface area contributed by atoms with Crippen LogP contribution in [0, 0.1) is 5.92 Å². The molecule has 0 unspecified atom stereocenters. The first kappa shape index (κ1) is 24.5. The maximum Gasteiger partial charge on any atom is 0.159 e. The van der Waals surface area contributed by atoms with E-state index in [0.717, 1.165) is 54.9 Å². The average Bonchev–Trinajstić information content (AvgIpc) is 3.66. The minimum atomic E-state index is 0.717. The summed E-state index contributed by atoms with van der Waals surface area (Å²) < 4.78 is 11.7. The van der Waals surface area contributed by atoms with Crippen LogP contribution in [0.2, 0.25) is 0 Å². The monoisotopic (exact) mass is 438 g/mol. The second-order valence-electron chi connectivity index (χ2n) is 9.23. The van der Waals surface area contributed by atoms with E-state index in [1.54, 1.807) is 12.4 Å². The number of rotatable bonds is 18. The number of hydrogen-bond acceptors (Lipinski definition) is 4. The predicted octanol–water partition coefficient (Wildman–Crippen LogP) is 8.01. The van der Waals surface area contributed by atoms with E-state index >= 15 is 0 Å². The Bertz CT molecular complexity index is 726. The van der Waals surface area contributed by atoms with Gasteiger partial charge in [0.05, 0.1) is 25.6 Å². The molecule has 0 saturated heterocycles. The summed E-state index contributed by atoms with van der Waals surface area (Å²) in [4.78, 5) is 8.93. The molecular weight excluding hydrogens is 396 g/mol. The third kappa shape index (κ3) is 10.0. The van der Waals surface area contributed by atoms with E-state index in [1.165, 1.54) is 77.0 Å². The molecule has 1 saturated carbocycles. The summed E-state index contributed by atoms with van der Waals surface area (Å²) in [6, 6.07) is 8.08. The molecule has 3 rings (SSSR count). The third-order valence-corrected chi connectivity index (χ3v) is 6.23. The lowest BCUT2D eigenvalue weighted by atomic mass is 10.1. The number of ether oxygens (including phenoxy) is 2. The van der Waals surface area contributed by atoms with Crippen LogP contribution in [-0.4, -0.2) is 23.2 Å². The molecule has 0 atom stereocenters. The summed E-state index contributed by atoms with van der Waals surface area (Å²) in [6.45, 7) is 3.78. The first-order valence-corrected chi connectivity index (χ1v) is 13.0. The summed E-state index contributed by atoms with van der Waals surface area (Å²) in [7, 11) is 0. The highest BCUT2D eigenvalue weighted by Crippen LogP contribution is 2.34. The van der Waals surface area contributed by atoms with Gasteiger partial charge in [0.15, 0.2) is 11.6 Å². The molecule has 0 spiro atoms. The van der Waals surface area contributed by atoms with Crippen molar-refractivity contribution < 1.29 is 9.47 Å². The standard InChI is InChI=1S/C28H42N2O2/c1-2-3-4-5-8-12-21-32-27-22-29-28(30-23-27)25-16-18-26(19-17-25)31-20-11-9-6-7-10-13-24-14-15-24/h16-19,22-24H,2-15,20-21H2,1H3. The lowest BCUT2D eigenvalue weighted by Gasteiger charge is -2.08. The number of hydrogen-bond donors (Lipinski definition) is 0. The van der Waals surface area contributed by atoms with Crippen LogP contribution in [0.4, 0.5) is 0 Å². The van der Waals surface area contributed by atoms with Crippen molar-refractivity contribution in [2.24, 2.45) is 5.92 Å². The fraction of sp³-hybridized carbons (Fsp3) is 0.643. The number of nitrogens with zero attached hydrogens (tertiary/aromatic N) is 2. The molecule has 1 aromatic carbocycles. The maximum absolute atomic E-state index is 5.90. The zero-order chi connectivity index (χ0) is 22.3. The Balaban J connectivity index is 1.27. The lowest BCUT2D eigenvalue weighted by molar-refractivity contribution is 0.302. The normalized spacial score (nSPS) is 13.3. The minimum Gasteiger partial charge on any atom is -0.494 e. The van der Waals surface area contributed by atoms with Gasteiger partial charge in [-0.3, -0.25) is 0 Å². The highest BCUT2D eigenvalue weighted by atomic mass is 16.5. The van der Waals surface area contributed by atoms with Gasteiger partial charge in [-0.2, -0.15) is 0 Å². The molecule has 32 heavy (non-hydrogen) atoms. The number of unbranched alkanes of at least 4 members (excludes halogenated alkanes) is 9. The summed E-state index contributed by atoms with van der Waals surface area (Å²) in [6.07, 6.45) is 22.1. The van der Waals surface area contributed by atoms with Crippen LogP contribution < -0.4 is 9.47 Å². The van der Waals surface area contributed by atoms with Crippen molar-refractivity contribution >= 4 is 0 Å². The Morgan fingerprint density at radius 2 is 1.25 bits per heavy atom. The topological polar surface area (TPSA) is 44.2 Å². The first-order valence-electron chi connectivity index (χ1n) is 13.0. The molecule has 0 amide bonds. The van der Waals surface area contributed by atoms with E-state index < -0.39 is 0 Å². The molecule has 0 bridgehead atoms. The van der Waals surface area contributed by atoms with Gasteiger partial charge in [-0.1, -0.05) is 84.0 Å². The van der Waals surface area contributed by atoms with E-state index in [9.17, 15) is 0 Å². The first-order chi connectivity index (χ1) is 15.8. The Morgan fingerprint density at radius 1 is 0.688 bits per heavy atom. The fourth-order valence-electron chi connectivity index (χ4n) is 3.97. The van der Waals surface area contributed by atoms with Gasteiger partial charge in [-0.05, 0) is 43.0 Å². The smallest absolute Gasteiger partial charge is 0.159 e. The molecule has 1 heterocycles. The van der Waals surface area contributed by atoms with E-state index in [1.807, 2.05) is 24.3 Å². The molecule has 2 aromatic rings. The minimum absolute atomic E-state index is 0.717. The van der Waals surface area contributed by atoms with Crippen molar-refractivity contribution in [2.75, 3.05) is 13.2 Å². The predicted molar refractivity (Wildman–Crippen MR) is 132 cm³/mol. The van der Waals surface area contributed by atoms with Crippen LogP contribution in [0.1, 0.15) is 96.8 Å². The van der Waals surface area contributed by atoms with Gasteiger partial charge in [0, 0.05) is 5.56 Å². The largest absolute Gasteiger partial charge is 0.494 e. The summed E-state index contributed by atoms with van der Waals surface area (Å²) >= 11 is 0. The van der Waals surface area contributed by atoms with Gasteiger partial charge >= 0.3 is 0 Å². The molecule has 1 fully saturated rings. The van der Waals surface area contributed by atoms with Gasteiger partial charge in [0.1, 0.15) is 5.75 Å². The van der Waals surface area contributed by atoms with Crippen LogP contribution in [0.3, 0.4) is 0 Å². The summed E-state index contributed by atoms with van der Waals surface area (Å²) in [5, 5.41) is 0. The molecule has 4 nitrogen and oxygen atoms in total. The van der Waals surface area contributed by atoms with Crippen LogP contribution in [0.25, 0.3) is 11.4 Å².